The predicted octanol–water partition coefficient (Wildman–Crippen LogP) is 1.63. The van der Waals surface area contributed by atoms with Crippen LogP contribution in [0.1, 0.15) is 0 Å². The van der Waals surface area contributed by atoms with Crippen LogP contribution in [0.2, 0.25) is 0 Å². The Kier molecular flexibility index (Phi) is 2.45. The fourth-order valence-corrected chi connectivity index (χ4v) is 0.200. The molecule has 0 N–H and O–H groups in total. The van der Waals surface area contributed by atoms with Crippen molar-refractivity contribution in [3.63, 3.8) is 0 Å². The lowest BCUT2D eigenvalue weighted by Crippen LogP contribution is -1.99. The highest BCUT2D eigenvalue weighted by Gasteiger charge is 2.27. The van der Waals surface area contributed by atoms with Crippen LogP contribution in [0.5, 0.6) is 0 Å². The van der Waals surface area contributed by atoms with Crippen LogP contribution in [0.4, 0.5) is 13.2 Å². The summed E-state index contributed by atoms with van der Waals surface area (Å²) in [5.74, 6) is -1.15. The van der Waals surface area contributed by atoms with Gasteiger partial charge in [0.05, 0.1) is 0 Å². The largest absolute Gasteiger partial charge is 0.444 e. The summed E-state index contributed by atoms with van der Waals surface area (Å²) in [6.45, 7) is 0. The molecule has 0 bridgehead atoms. The number of halogens is 3. The van der Waals surface area contributed by atoms with Crippen molar-refractivity contribution in [2.45, 2.75) is 5.51 Å². The molecule has 0 rings (SSSR count). The monoisotopic (exact) mass is 131 g/mol. The van der Waals surface area contributed by atoms with Gasteiger partial charge < -0.3 is 0 Å². The second-order valence-corrected chi connectivity index (χ2v) is 1.70. The minimum atomic E-state index is -4.35. The molecule has 0 fully saturated rings. The van der Waals surface area contributed by atoms with Crippen LogP contribution >= 0.6 is 11.8 Å². The Morgan fingerprint density at radius 2 is 1.86 bits per heavy atom. The van der Waals surface area contributed by atoms with E-state index in [1.165, 1.54) is 0 Å². The molecule has 0 spiro atoms. The van der Waals surface area contributed by atoms with Crippen molar-refractivity contribution in [2.24, 2.45) is 0 Å². The Hall–Kier alpha value is 0.100. The first-order valence-corrected chi connectivity index (χ1v) is 2.33. The Balaban J connectivity index is 3.15. The summed E-state index contributed by atoms with van der Waals surface area (Å²) < 4.78 is 32.5. The fraction of sp³-hybridized carbons (Fsp3) is 1.00. The van der Waals surface area contributed by atoms with E-state index in [1.807, 2.05) is 0 Å². The Bertz CT molecular complexity index is 51.4. The van der Waals surface area contributed by atoms with E-state index in [0.717, 1.165) is 0 Å². The molecule has 0 heterocycles. The van der Waals surface area contributed by atoms with E-state index in [2.05, 4.69) is 0 Å². The average Bonchev–Trinajstić information content (AvgIpc) is 1.30. The number of thioether (sulfide) groups is 1. The molecular weight excluding hydrogens is 129 g/mol. The van der Waals surface area contributed by atoms with Gasteiger partial charge in [0.25, 0.3) is 0 Å². The van der Waals surface area contributed by atoms with Crippen molar-refractivity contribution in [2.75, 3.05) is 5.94 Å². The van der Waals surface area contributed by atoms with Gasteiger partial charge >= 0.3 is 5.51 Å². The maximum absolute atomic E-state index is 10.8. The van der Waals surface area contributed by atoms with Crippen LogP contribution in [-0.2, 0) is 5.11 Å². The van der Waals surface area contributed by atoms with E-state index < -0.39 is 23.2 Å². The van der Waals surface area contributed by atoms with E-state index in [1.54, 1.807) is 0 Å². The van der Waals surface area contributed by atoms with Gasteiger partial charge in [-0.3, -0.25) is 0 Å². The molecule has 43 valence electrons. The molecule has 0 amide bonds. The summed E-state index contributed by atoms with van der Waals surface area (Å²) in [5, 5.41) is 9.19. The maximum atomic E-state index is 10.8. The topological polar surface area (TPSA) is 19.9 Å². The van der Waals surface area contributed by atoms with Gasteiger partial charge in [-0.2, -0.15) is 13.2 Å². The van der Waals surface area contributed by atoms with Crippen LogP contribution in [0.15, 0.2) is 0 Å². The molecule has 0 unspecified atom stereocenters. The van der Waals surface area contributed by atoms with Crippen LogP contribution in [0, 0.1) is 0 Å². The van der Waals surface area contributed by atoms with Gasteiger partial charge in [0.2, 0.25) is 0 Å². The standard InChI is InChI=1S/C2H2F3OS/c3-2(4,5)7-1-6/h1H2. The first-order chi connectivity index (χ1) is 3.06. The lowest BCUT2D eigenvalue weighted by Gasteiger charge is -1.97. The Morgan fingerprint density at radius 3 is 1.86 bits per heavy atom. The highest BCUT2D eigenvalue weighted by Crippen LogP contribution is 2.28. The van der Waals surface area contributed by atoms with Gasteiger partial charge in [-0.25, -0.2) is 5.11 Å². The van der Waals surface area contributed by atoms with Gasteiger partial charge in [0.1, 0.15) is 5.94 Å². The van der Waals surface area contributed by atoms with Crippen molar-refractivity contribution in [1.29, 1.82) is 0 Å². The highest BCUT2D eigenvalue weighted by molar-refractivity contribution is 7.99. The lowest BCUT2D eigenvalue weighted by atomic mass is 11.5. The van der Waals surface area contributed by atoms with Crippen molar-refractivity contribution >= 4 is 11.8 Å². The molecule has 7 heavy (non-hydrogen) atoms. The number of alkyl halides is 3. The fourth-order valence-electron chi connectivity index (χ4n) is 0.0668. The summed E-state index contributed by atoms with van der Waals surface area (Å²) in [7, 11) is 0. The summed E-state index contributed by atoms with van der Waals surface area (Å²) in [6, 6.07) is 0. The zero-order valence-corrected chi connectivity index (χ0v) is 3.97. The van der Waals surface area contributed by atoms with E-state index in [9.17, 15) is 18.3 Å². The van der Waals surface area contributed by atoms with Gasteiger partial charge in [0.15, 0.2) is 0 Å². The summed E-state index contributed by atoms with van der Waals surface area (Å²) in [4.78, 5) is 0. The molecular formula is C2H2F3OS. The molecule has 1 radical (unpaired) electrons. The molecule has 5 heteroatoms. The second-order valence-electron chi connectivity index (χ2n) is 0.708. The van der Waals surface area contributed by atoms with E-state index in [0.29, 0.717) is 0 Å². The predicted molar refractivity (Wildman–Crippen MR) is 19.2 cm³/mol. The van der Waals surface area contributed by atoms with Crippen molar-refractivity contribution in [3.8, 4) is 0 Å². The zero-order valence-electron chi connectivity index (χ0n) is 3.16. The highest BCUT2D eigenvalue weighted by atomic mass is 32.2. The molecule has 0 saturated carbocycles. The van der Waals surface area contributed by atoms with E-state index in [-0.39, 0.29) is 0 Å². The molecule has 0 atom stereocenters. The summed E-state index contributed by atoms with van der Waals surface area (Å²) >= 11 is -0.567. The van der Waals surface area contributed by atoms with Crippen LogP contribution < -0.4 is 0 Å². The maximum Gasteiger partial charge on any atom is 0.444 e. The van der Waals surface area contributed by atoms with Crippen LogP contribution in [0.25, 0.3) is 0 Å². The van der Waals surface area contributed by atoms with Crippen molar-refractivity contribution in [3.05, 3.63) is 0 Å². The molecule has 0 aromatic carbocycles. The Labute approximate surface area is 42.5 Å². The first-order valence-electron chi connectivity index (χ1n) is 1.35. The van der Waals surface area contributed by atoms with Gasteiger partial charge in [0, 0.05) is 0 Å². The summed E-state index contributed by atoms with van der Waals surface area (Å²) in [5.41, 5.74) is -4.35. The SMILES string of the molecule is [O]CSC(F)(F)F. The third-order valence-corrected chi connectivity index (χ3v) is 0.668. The van der Waals surface area contributed by atoms with Crippen LogP contribution in [-0.4, -0.2) is 11.4 Å². The number of hydrogen-bond donors (Lipinski definition) is 0. The average molecular weight is 131 g/mol. The number of rotatable bonds is 1. The smallest absolute Gasteiger partial charge is 0.225 e. The van der Waals surface area contributed by atoms with E-state index in [4.69, 9.17) is 0 Å². The minimum absolute atomic E-state index is 0.567. The first kappa shape index (κ1) is 7.10. The minimum Gasteiger partial charge on any atom is -0.225 e. The summed E-state index contributed by atoms with van der Waals surface area (Å²) in [6.07, 6.45) is 0. The zero-order chi connectivity index (χ0) is 5.91. The number of hydrogen-bond acceptors (Lipinski definition) is 1. The van der Waals surface area contributed by atoms with Crippen molar-refractivity contribution < 1.29 is 18.3 Å². The molecule has 0 aromatic heterocycles. The molecule has 0 aromatic rings. The Morgan fingerprint density at radius 1 is 1.43 bits per heavy atom. The third kappa shape index (κ3) is 6.10. The normalized spacial score (nSPS) is 12.0. The lowest BCUT2D eigenvalue weighted by molar-refractivity contribution is -0.0343. The molecule has 0 aliphatic carbocycles. The van der Waals surface area contributed by atoms with Gasteiger partial charge in [-0.1, -0.05) is 0 Å². The van der Waals surface area contributed by atoms with Crippen molar-refractivity contribution in [1.82, 2.24) is 0 Å². The van der Waals surface area contributed by atoms with Gasteiger partial charge in [-0.05, 0) is 11.8 Å². The second kappa shape index (κ2) is 2.42. The molecule has 0 aliphatic heterocycles. The third-order valence-electron chi connectivity index (χ3n) is 0.223. The van der Waals surface area contributed by atoms with E-state index >= 15 is 0 Å². The molecule has 1 nitrogen and oxygen atoms in total. The molecule has 0 saturated heterocycles. The molecule has 0 aliphatic rings. The van der Waals surface area contributed by atoms with Gasteiger partial charge in [-0.15, -0.1) is 0 Å². The van der Waals surface area contributed by atoms with Crippen LogP contribution in [0.3, 0.4) is 0 Å². The quantitative estimate of drug-likeness (QED) is 0.495.